The molecule has 0 fully saturated rings. The lowest BCUT2D eigenvalue weighted by Crippen LogP contribution is -2.29. The molecule has 0 saturated carbocycles. The third kappa shape index (κ3) is 3.16. The quantitative estimate of drug-likeness (QED) is 0.839. The molecule has 6 heteroatoms. The number of amides is 1. The summed E-state index contributed by atoms with van der Waals surface area (Å²) in [5.41, 5.74) is 0.173. The highest BCUT2D eigenvalue weighted by atomic mass is 19.2. The third-order valence-corrected chi connectivity index (χ3v) is 2.73. The predicted octanol–water partition coefficient (Wildman–Crippen LogP) is 1.82. The summed E-state index contributed by atoms with van der Waals surface area (Å²) < 4.78 is 26.2. The lowest BCUT2D eigenvalue weighted by Gasteiger charge is -2.12. The van der Waals surface area contributed by atoms with Crippen molar-refractivity contribution in [1.82, 2.24) is 10.3 Å². The van der Waals surface area contributed by atoms with Crippen molar-refractivity contribution in [3.63, 3.8) is 0 Å². The first-order valence-electron chi connectivity index (χ1n) is 5.91. The van der Waals surface area contributed by atoms with E-state index in [1.807, 2.05) is 0 Å². The highest BCUT2D eigenvalue weighted by Crippen LogP contribution is 2.12. The second-order valence-electron chi connectivity index (χ2n) is 4.10. The van der Waals surface area contributed by atoms with E-state index in [9.17, 15) is 18.7 Å². The van der Waals surface area contributed by atoms with Gasteiger partial charge in [0.05, 0.1) is 11.7 Å². The van der Waals surface area contributed by atoms with Gasteiger partial charge in [-0.1, -0.05) is 30.3 Å². The normalized spacial score (nSPS) is 11.9. The van der Waals surface area contributed by atoms with Crippen molar-refractivity contribution in [2.24, 2.45) is 0 Å². The number of nitrogens with zero attached hydrogens (tertiary/aromatic N) is 1. The number of pyridine rings is 1. The molecule has 0 aliphatic carbocycles. The van der Waals surface area contributed by atoms with Crippen LogP contribution in [0, 0.1) is 11.8 Å². The van der Waals surface area contributed by atoms with Crippen LogP contribution in [0.5, 0.6) is 0 Å². The van der Waals surface area contributed by atoms with Crippen LogP contribution in [0.4, 0.5) is 8.78 Å². The second kappa shape index (κ2) is 6.21. The number of carbonyl (C=O) groups excluding carboxylic acids is 1. The summed E-state index contributed by atoms with van der Waals surface area (Å²) in [7, 11) is 0. The molecule has 0 saturated heterocycles. The van der Waals surface area contributed by atoms with E-state index in [2.05, 4.69) is 10.3 Å². The van der Waals surface area contributed by atoms with Gasteiger partial charge in [0, 0.05) is 12.7 Å². The standard InChI is InChI=1S/C14H12F2N2O2/c15-12-10(6-7-17-13(12)16)14(20)18-8-11(19)9-4-2-1-3-5-9/h1-7,11,19H,8H2,(H,18,20). The van der Waals surface area contributed by atoms with Crippen molar-refractivity contribution >= 4 is 5.91 Å². The number of aliphatic hydroxyl groups excluding tert-OH is 1. The molecule has 1 heterocycles. The van der Waals surface area contributed by atoms with Crippen LogP contribution in [0.15, 0.2) is 42.6 Å². The smallest absolute Gasteiger partial charge is 0.254 e. The van der Waals surface area contributed by atoms with Crippen LogP contribution < -0.4 is 5.32 Å². The number of hydrogen-bond acceptors (Lipinski definition) is 3. The van der Waals surface area contributed by atoms with Gasteiger partial charge in [-0.25, -0.2) is 9.37 Å². The zero-order valence-corrected chi connectivity index (χ0v) is 10.4. The Hall–Kier alpha value is -2.34. The molecule has 1 atom stereocenters. The van der Waals surface area contributed by atoms with Crippen molar-refractivity contribution in [2.45, 2.75) is 6.10 Å². The monoisotopic (exact) mass is 278 g/mol. The second-order valence-corrected chi connectivity index (χ2v) is 4.10. The maximum atomic E-state index is 13.3. The fourth-order valence-electron chi connectivity index (χ4n) is 1.67. The van der Waals surface area contributed by atoms with E-state index in [-0.39, 0.29) is 6.54 Å². The summed E-state index contributed by atoms with van der Waals surface area (Å²) >= 11 is 0. The Bertz CT molecular complexity index is 605. The van der Waals surface area contributed by atoms with Gasteiger partial charge in [-0.2, -0.15) is 4.39 Å². The summed E-state index contributed by atoms with van der Waals surface area (Å²) in [6.07, 6.45) is 0.0796. The van der Waals surface area contributed by atoms with Crippen molar-refractivity contribution in [2.75, 3.05) is 6.54 Å². The molecule has 2 rings (SSSR count). The molecule has 0 spiro atoms. The minimum atomic E-state index is -1.33. The van der Waals surface area contributed by atoms with Crippen molar-refractivity contribution < 1.29 is 18.7 Å². The van der Waals surface area contributed by atoms with Gasteiger partial charge in [0.15, 0.2) is 5.82 Å². The first kappa shape index (κ1) is 14.1. The summed E-state index contributed by atoms with van der Waals surface area (Å²) in [4.78, 5) is 14.8. The average Bonchev–Trinajstić information content (AvgIpc) is 2.48. The topological polar surface area (TPSA) is 62.2 Å². The molecule has 1 aromatic heterocycles. The number of carbonyl (C=O) groups is 1. The van der Waals surface area contributed by atoms with Crippen LogP contribution in [-0.4, -0.2) is 22.5 Å². The molecule has 0 aliphatic heterocycles. The molecular formula is C14H12F2N2O2. The number of benzene rings is 1. The Morgan fingerprint density at radius 2 is 1.95 bits per heavy atom. The van der Waals surface area contributed by atoms with Gasteiger partial charge in [-0.3, -0.25) is 4.79 Å². The number of rotatable bonds is 4. The molecule has 4 nitrogen and oxygen atoms in total. The molecule has 104 valence electrons. The first-order valence-corrected chi connectivity index (χ1v) is 5.91. The van der Waals surface area contributed by atoms with E-state index >= 15 is 0 Å². The van der Waals surface area contributed by atoms with E-state index in [1.165, 1.54) is 0 Å². The molecule has 2 N–H and O–H groups in total. The van der Waals surface area contributed by atoms with E-state index in [0.717, 1.165) is 12.3 Å². The molecule has 20 heavy (non-hydrogen) atoms. The molecule has 0 aliphatic rings. The van der Waals surface area contributed by atoms with Crippen LogP contribution in [0.3, 0.4) is 0 Å². The van der Waals surface area contributed by atoms with Gasteiger partial charge < -0.3 is 10.4 Å². The molecule has 1 amide bonds. The van der Waals surface area contributed by atoms with Gasteiger partial charge in [-0.15, -0.1) is 0 Å². The fraction of sp³-hybridized carbons (Fsp3) is 0.143. The maximum Gasteiger partial charge on any atom is 0.254 e. The van der Waals surface area contributed by atoms with Gasteiger partial charge in [0.25, 0.3) is 5.91 Å². The molecule has 0 bridgehead atoms. The number of hydrogen-bond donors (Lipinski definition) is 2. The molecular weight excluding hydrogens is 266 g/mol. The van der Waals surface area contributed by atoms with E-state index < -0.39 is 29.3 Å². The Morgan fingerprint density at radius 3 is 2.65 bits per heavy atom. The average molecular weight is 278 g/mol. The molecule has 1 unspecified atom stereocenters. The summed E-state index contributed by atoms with van der Waals surface area (Å²) in [6.45, 7) is -0.105. The van der Waals surface area contributed by atoms with Crippen molar-refractivity contribution in [1.29, 1.82) is 0 Å². The lowest BCUT2D eigenvalue weighted by atomic mass is 10.1. The van der Waals surface area contributed by atoms with E-state index in [1.54, 1.807) is 30.3 Å². The van der Waals surface area contributed by atoms with Crippen LogP contribution in [-0.2, 0) is 0 Å². The van der Waals surface area contributed by atoms with Gasteiger partial charge in [0.1, 0.15) is 0 Å². The Labute approximate surface area is 114 Å². The van der Waals surface area contributed by atoms with Crippen molar-refractivity contribution in [3.05, 3.63) is 65.5 Å². The SMILES string of the molecule is O=C(NCC(O)c1ccccc1)c1ccnc(F)c1F. The minimum Gasteiger partial charge on any atom is -0.387 e. The van der Waals surface area contributed by atoms with E-state index in [4.69, 9.17) is 0 Å². The summed E-state index contributed by atoms with van der Waals surface area (Å²) in [5, 5.41) is 12.2. The number of nitrogens with one attached hydrogen (secondary N) is 1. The highest BCUT2D eigenvalue weighted by Gasteiger charge is 2.17. The van der Waals surface area contributed by atoms with Gasteiger partial charge >= 0.3 is 0 Å². The predicted molar refractivity (Wildman–Crippen MR) is 67.9 cm³/mol. The van der Waals surface area contributed by atoms with Crippen LogP contribution in [0.2, 0.25) is 0 Å². The Balaban J connectivity index is 2.01. The van der Waals surface area contributed by atoms with Crippen molar-refractivity contribution in [3.8, 4) is 0 Å². The largest absolute Gasteiger partial charge is 0.387 e. The zero-order valence-electron chi connectivity index (χ0n) is 10.4. The third-order valence-electron chi connectivity index (χ3n) is 2.73. The van der Waals surface area contributed by atoms with Crippen LogP contribution >= 0.6 is 0 Å². The molecule has 0 radical (unpaired) electrons. The van der Waals surface area contributed by atoms with Crippen LogP contribution in [0.1, 0.15) is 22.0 Å². The maximum absolute atomic E-state index is 13.3. The van der Waals surface area contributed by atoms with Gasteiger partial charge in [0.2, 0.25) is 5.95 Å². The molecule has 1 aromatic carbocycles. The Kier molecular flexibility index (Phi) is 4.37. The number of aliphatic hydroxyl groups is 1. The van der Waals surface area contributed by atoms with E-state index in [0.29, 0.717) is 5.56 Å². The highest BCUT2D eigenvalue weighted by molar-refractivity contribution is 5.94. The minimum absolute atomic E-state index is 0.105. The Morgan fingerprint density at radius 1 is 1.25 bits per heavy atom. The number of aromatic nitrogens is 1. The zero-order chi connectivity index (χ0) is 14.5. The molecule has 2 aromatic rings. The lowest BCUT2D eigenvalue weighted by molar-refractivity contribution is 0.0911. The summed E-state index contributed by atoms with van der Waals surface area (Å²) in [5.74, 6) is -3.45. The fourth-order valence-corrected chi connectivity index (χ4v) is 1.67. The van der Waals surface area contributed by atoms with Gasteiger partial charge in [-0.05, 0) is 11.6 Å². The summed E-state index contributed by atoms with van der Waals surface area (Å²) in [6, 6.07) is 9.76. The van der Waals surface area contributed by atoms with Crippen LogP contribution in [0.25, 0.3) is 0 Å². The first-order chi connectivity index (χ1) is 9.59. The number of halogens is 2.